The molecule has 22 heavy (non-hydrogen) atoms. The summed E-state index contributed by atoms with van der Waals surface area (Å²) in [7, 11) is 0. The van der Waals surface area contributed by atoms with Crippen molar-refractivity contribution in [2.24, 2.45) is 5.73 Å². The molecule has 2 heterocycles. The highest BCUT2D eigenvalue weighted by molar-refractivity contribution is 5.31. The SMILES string of the molecule is Cc1cc(N)nc(=O)n1C1OC(CO)C(O)C1(N)C#CCF. The summed E-state index contributed by atoms with van der Waals surface area (Å²) < 4.78 is 18.9. The molecule has 0 aliphatic carbocycles. The molecule has 1 aliphatic heterocycles. The van der Waals surface area contributed by atoms with Crippen molar-refractivity contribution in [2.75, 3.05) is 19.0 Å². The minimum atomic E-state index is -1.77. The van der Waals surface area contributed by atoms with Crippen molar-refractivity contribution in [3.8, 4) is 11.8 Å². The molecule has 1 aromatic heterocycles. The normalized spacial score (nSPS) is 30.9. The predicted molar refractivity (Wildman–Crippen MR) is 75.3 cm³/mol. The van der Waals surface area contributed by atoms with Crippen molar-refractivity contribution in [2.45, 2.75) is 30.9 Å². The molecule has 0 saturated carbocycles. The predicted octanol–water partition coefficient (Wildman–Crippen LogP) is -1.95. The molecule has 8 nitrogen and oxygen atoms in total. The van der Waals surface area contributed by atoms with Gasteiger partial charge in [0, 0.05) is 5.69 Å². The van der Waals surface area contributed by atoms with Crippen LogP contribution in [0.4, 0.5) is 10.2 Å². The summed E-state index contributed by atoms with van der Waals surface area (Å²) in [6.07, 6.45) is -3.71. The number of anilines is 1. The van der Waals surface area contributed by atoms with E-state index in [-0.39, 0.29) is 5.82 Å². The first-order valence-corrected chi connectivity index (χ1v) is 6.50. The first-order valence-electron chi connectivity index (χ1n) is 6.50. The molecule has 1 saturated heterocycles. The highest BCUT2D eigenvalue weighted by atomic mass is 19.1. The fourth-order valence-corrected chi connectivity index (χ4v) is 2.46. The maximum absolute atomic E-state index is 12.4. The van der Waals surface area contributed by atoms with Crippen molar-refractivity contribution < 1.29 is 19.3 Å². The van der Waals surface area contributed by atoms with E-state index in [0.717, 1.165) is 4.57 Å². The van der Waals surface area contributed by atoms with Crippen LogP contribution in [0.2, 0.25) is 0 Å². The Morgan fingerprint density at radius 3 is 2.86 bits per heavy atom. The third-order valence-electron chi connectivity index (χ3n) is 3.51. The largest absolute Gasteiger partial charge is 0.394 e. The van der Waals surface area contributed by atoms with Gasteiger partial charge in [0.25, 0.3) is 0 Å². The molecule has 9 heteroatoms. The molecule has 0 spiro atoms. The highest BCUT2D eigenvalue weighted by Gasteiger charge is 2.54. The number of alkyl halides is 1. The summed E-state index contributed by atoms with van der Waals surface area (Å²) in [6.45, 7) is 0.0601. The third-order valence-corrected chi connectivity index (χ3v) is 3.51. The fourth-order valence-electron chi connectivity index (χ4n) is 2.46. The van der Waals surface area contributed by atoms with Crippen LogP contribution in [0.5, 0.6) is 0 Å². The molecule has 1 fully saturated rings. The highest BCUT2D eigenvalue weighted by Crippen LogP contribution is 2.36. The zero-order valence-electron chi connectivity index (χ0n) is 11.9. The summed E-state index contributed by atoms with van der Waals surface area (Å²) in [5, 5.41) is 19.5. The molecule has 2 rings (SSSR count). The number of hydrogen-bond donors (Lipinski definition) is 4. The van der Waals surface area contributed by atoms with Crippen LogP contribution in [0, 0.1) is 18.8 Å². The lowest BCUT2D eigenvalue weighted by Crippen LogP contribution is -2.55. The van der Waals surface area contributed by atoms with E-state index in [0.29, 0.717) is 5.69 Å². The van der Waals surface area contributed by atoms with Gasteiger partial charge in [0.05, 0.1) is 6.61 Å². The minimum absolute atomic E-state index is 0.0217. The Bertz CT molecular complexity index is 683. The standard InChI is InChI=1S/C13H17FN4O4/c1-7-5-9(15)17-12(21)18(7)11-13(16,3-2-4-14)10(20)8(6-19)22-11/h5,8,10-11,19-20H,4,6,16H2,1H3,(H2,15,17,21). The number of hydrogen-bond acceptors (Lipinski definition) is 7. The van der Waals surface area contributed by atoms with Gasteiger partial charge < -0.3 is 26.4 Å². The Balaban J connectivity index is 2.59. The van der Waals surface area contributed by atoms with Crippen LogP contribution in [-0.4, -0.2) is 50.8 Å². The molecule has 4 unspecified atom stereocenters. The van der Waals surface area contributed by atoms with Gasteiger partial charge >= 0.3 is 5.69 Å². The van der Waals surface area contributed by atoms with Crippen LogP contribution in [0.3, 0.4) is 0 Å². The lowest BCUT2D eigenvalue weighted by atomic mass is 9.91. The van der Waals surface area contributed by atoms with Gasteiger partial charge in [0.2, 0.25) is 0 Å². The van der Waals surface area contributed by atoms with E-state index in [9.17, 15) is 19.4 Å². The number of ether oxygens (including phenoxy) is 1. The van der Waals surface area contributed by atoms with Crippen molar-refractivity contribution >= 4 is 5.82 Å². The van der Waals surface area contributed by atoms with Gasteiger partial charge in [-0.05, 0) is 13.0 Å². The van der Waals surface area contributed by atoms with Crippen LogP contribution in [0.25, 0.3) is 0 Å². The summed E-state index contributed by atoms with van der Waals surface area (Å²) in [5.74, 6) is 4.54. The van der Waals surface area contributed by atoms with Gasteiger partial charge in [-0.25, -0.2) is 9.18 Å². The maximum Gasteiger partial charge on any atom is 0.351 e. The average molecular weight is 312 g/mol. The number of nitrogens with two attached hydrogens (primary N) is 2. The molecule has 1 aromatic rings. The van der Waals surface area contributed by atoms with Gasteiger partial charge in [-0.3, -0.25) is 4.57 Å². The first kappa shape index (κ1) is 16.4. The van der Waals surface area contributed by atoms with Gasteiger partial charge in [-0.15, -0.1) is 0 Å². The van der Waals surface area contributed by atoms with E-state index in [1.165, 1.54) is 6.07 Å². The second-order valence-corrected chi connectivity index (χ2v) is 5.00. The van der Waals surface area contributed by atoms with Crippen LogP contribution < -0.4 is 17.2 Å². The quantitative estimate of drug-likeness (QED) is 0.466. The van der Waals surface area contributed by atoms with Gasteiger partial charge in [-0.1, -0.05) is 11.8 Å². The Morgan fingerprint density at radius 1 is 1.64 bits per heavy atom. The number of nitrogens with zero attached hydrogens (tertiary/aromatic N) is 2. The molecule has 0 bridgehead atoms. The second-order valence-electron chi connectivity index (χ2n) is 5.00. The molecule has 120 valence electrons. The van der Waals surface area contributed by atoms with E-state index in [1.807, 2.05) is 0 Å². The van der Waals surface area contributed by atoms with Crippen LogP contribution in [-0.2, 0) is 4.74 Å². The number of aliphatic hydroxyl groups excluding tert-OH is 2. The van der Waals surface area contributed by atoms with Gasteiger partial charge in [-0.2, -0.15) is 4.98 Å². The molecule has 0 radical (unpaired) electrons. The van der Waals surface area contributed by atoms with E-state index in [2.05, 4.69) is 16.8 Å². The van der Waals surface area contributed by atoms with E-state index < -0.39 is 42.9 Å². The maximum atomic E-state index is 12.4. The van der Waals surface area contributed by atoms with Gasteiger partial charge in [0.1, 0.15) is 24.7 Å². The number of aliphatic hydroxyl groups is 2. The summed E-state index contributed by atoms with van der Waals surface area (Å²) in [6, 6.07) is 1.42. The van der Waals surface area contributed by atoms with E-state index in [1.54, 1.807) is 6.92 Å². The monoisotopic (exact) mass is 312 g/mol. The average Bonchev–Trinajstić information content (AvgIpc) is 2.69. The lowest BCUT2D eigenvalue weighted by Gasteiger charge is -2.28. The molecule has 4 atom stereocenters. The number of nitrogen functional groups attached to an aromatic ring is 1. The lowest BCUT2D eigenvalue weighted by molar-refractivity contribution is -0.0483. The number of rotatable bonds is 2. The fraction of sp³-hybridized carbons (Fsp3) is 0.538. The van der Waals surface area contributed by atoms with Crippen LogP contribution >= 0.6 is 0 Å². The van der Waals surface area contributed by atoms with Crippen molar-refractivity contribution in [3.63, 3.8) is 0 Å². The molecular weight excluding hydrogens is 295 g/mol. The Kier molecular flexibility index (Phi) is 4.48. The summed E-state index contributed by atoms with van der Waals surface area (Å²) in [5.41, 5.74) is 9.42. The molecule has 0 amide bonds. The third kappa shape index (κ3) is 2.57. The van der Waals surface area contributed by atoms with Crippen LogP contribution in [0.15, 0.2) is 10.9 Å². The number of aryl methyl sites for hydroxylation is 1. The smallest absolute Gasteiger partial charge is 0.351 e. The van der Waals surface area contributed by atoms with Crippen molar-refractivity contribution in [1.82, 2.24) is 9.55 Å². The zero-order valence-corrected chi connectivity index (χ0v) is 11.9. The molecule has 1 aliphatic rings. The van der Waals surface area contributed by atoms with Crippen LogP contribution in [0.1, 0.15) is 11.9 Å². The topological polar surface area (TPSA) is 137 Å². The summed E-state index contributed by atoms with van der Waals surface area (Å²) in [4.78, 5) is 15.7. The van der Waals surface area contributed by atoms with Gasteiger partial charge in [0.15, 0.2) is 11.8 Å². The van der Waals surface area contributed by atoms with E-state index in [4.69, 9.17) is 16.2 Å². The van der Waals surface area contributed by atoms with Crippen molar-refractivity contribution in [3.05, 3.63) is 22.2 Å². The van der Waals surface area contributed by atoms with Crippen molar-refractivity contribution in [1.29, 1.82) is 0 Å². The molecular formula is C13H17FN4O4. The summed E-state index contributed by atoms with van der Waals surface area (Å²) >= 11 is 0. The van der Waals surface area contributed by atoms with E-state index >= 15 is 0 Å². The number of aromatic nitrogens is 2. The molecule has 0 aromatic carbocycles. The Hall–Kier alpha value is -1.99. The second kappa shape index (κ2) is 6.02. The number of halogens is 1. The zero-order chi connectivity index (χ0) is 16.5. The first-order chi connectivity index (χ1) is 10.3. The Labute approximate surface area is 125 Å². The Morgan fingerprint density at radius 2 is 2.32 bits per heavy atom. The molecule has 6 N–H and O–H groups in total. The minimum Gasteiger partial charge on any atom is -0.394 e.